The van der Waals surface area contributed by atoms with E-state index in [4.69, 9.17) is 4.74 Å². The predicted octanol–water partition coefficient (Wildman–Crippen LogP) is 1.93. The van der Waals surface area contributed by atoms with E-state index >= 15 is 0 Å². The number of hydrogen-bond donors (Lipinski definition) is 0. The summed E-state index contributed by atoms with van der Waals surface area (Å²) in [6.07, 6.45) is 1.12. The Morgan fingerprint density at radius 3 is 2.38 bits per heavy atom. The van der Waals surface area contributed by atoms with Gasteiger partial charge in [-0.15, -0.1) is 0 Å². The normalized spacial score (nSPS) is 39.8. The third-order valence-corrected chi connectivity index (χ3v) is 3.92. The highest BCUT2D eigenvalue weighted by atomic mass is 79.9. The molecule has 1 rings (SSSR count). The maximum absolute atomic E-state index is 5.18. The molecule has 2 atom stereocenters. The van der Waals surface area contributed by atoms with Crippen molar-refractivity contribution in [3.8, 4) is 0 Å². The molecule has 1 saturated heterocycles. The summed E-state index contributed by atoms with van der Waals surface area (Å²) >= 11 is 7.01. The fourth-order valence-electron chi connectivity index (χ4n) is 0.677. The van der Waals surface area contributed by atoms with Gasteiger partial charge in [-0.2, -0.15) is 0 Å². The molecule has 0 aromatic heterocycles. The second-order valence-electron chi connectivity index (χ2n) is 1.90. The van der Waals surface area contributed by atoms with E-state index < -0.39 is 0 Å². The summed E-state index contributed by atoms with van der Waals surface area (Å²) in [4.78, 5) is 1.12. The monoisotopic (exact) mass is 242 g/mol. The maximum atomic E-state index is 5.18. The van der Waals surface area contributed by atoms with Crippen molar-refractivity contribution in [3.05, 3.63) is 0 Å². The number of alkyl halides is 2. The van der Waals surface area contributed by atoms with Crippen molar-refractivity contribution < 1.29 is 4.74 Å². The van der Waals surface area contributed by atoms with Crippen LogP contribution in [0.5, 0.6) is 0 Å². The SMILES string of the molecule is Br[C@@H]1COCC[C@@H]1Br. The number of halogens is 2. The van der Waals surface area contributed by atoms with Gasteiger partial charge in [0.15, 0.2) is 0 Å². The van der Waals surface area contributed by atoms with Crippen molar-refractivity contribution in [2.45, 2.75) is 16.1 Å². The Hall–Kier alpha value is 0.920. The van der Waals surface area contributed by atoms with Gasteiger partial charge >= 0.3 is 0 Å². The zero-order valence-electron chi connectivity index (χ0n) is 4.44. The van der Waals surface area contributed by atoms with E-state index in [9.17, 15) is 0 Å². The van der Waals surface area contributed by atoms with Crippen molar-refractivity contribution in [1.82, 2.24) is 0 Å². The second-order valence-corrected chi connectivity index (χ2v) is 4.25. The Labute approximate surface area is 66.0 Å². The minimum atomic E-state index is 0.510. The minimum Gasteiger partial charge on any atom is -0.380 e. The van der Waals surface area contributed by atoms with Gasteiger partial charge in [-0.25, -0.2) is 0 Å². The molecule has 0 amide bonds. The van der Waals surface area contributed by atoms with E-state index in [1.54, 1.807) is 0 Å². The summed E-state index contributed by atoms with van der Waals surface area (Å²) in [7, 11) is 0. The van der Waals surface area contributed by atoms with Crippen LogP contribution in [0, 0.1) is 0 Å². The summed E-state index contributed by atoms with van der Waals surface area (Å²) in [5.74, 6) is 0. The van der Waals surface area contributed by atoms with Crippen LogP contribution >= 0.6 is 31.9 Å². The van der Waals surface area contributed by atoms with Gasteiger partial charge in [0.05, 0.1) is 11.4 Å². The molecule has 1 heterocycles. The minimum absolute atomic E-state index is 0.510. The van der Waals surface area contributed by atoms with E-state index in [0.29, 0.717) is 9.65 Å². The topological polar surface area (TPSA) is 9.23 Å². The van der Waals surface area contributed by atoms with Crippen LogP contribution in [0.1, 0.15) is 6.42 Å². The van der Waals surface area contributed by atoms with Crippen LogP contribution in [-0.2, 0) is 4.74 Å². The summed E-state index contributed by atoms with van der Waals surface area (Å²) in [5, 5.41) is 0. The standard InChI is InChI=1S/C5H8Br2O/c6-4-1-2-8-3-5(4)7/h4-5H,1-3H2/t4-,5+/m0/s1. The highest BCUT2D eigenvalue weighted by Crippen LogP contribution is 2.21. The molecule has 8 heavy (non-hydrogen) atoms. The molecular weight excluding hydrogens is 236 g/mol. The summed E-state index contributed by atoms with van der Waals surface area (Å²) in [6, 6.07) is 0. The molecule has 0 saturated carbocycles. The molecule has 0 unspecified atom stereocenters. The Balaban J connectivity index is 2.28. The first-order valence-electron chi connectivity index (χ1n) is 2.66. The van der Waals surface area contributed by atoms with Crippen LogP contribution < -0.4 is 0 Å². The van der Waals surface area contributed by atoms with Crippen molar-refractivity contribution in [3.63, 3.8) is 0 Å². The molecule has 0 aliphatic carbocycles. The van der Waals surface area contributed by atoms with Crippen LogP contribution in [0.2, 0.25) is 0 Å². The Morgan fingerprint density at radius 1 is 1.25 bits per heavy atom. The number of hydrogen-bond acceptors (Lipinski definition) is 1. The largest absolute Gasteiger partial charge is 0.380 e. The number of ether oxygens (including phenoxy) is 1. The third-order valence-electron chi connectivity index (χ3n) is 1.21. The highest BCUT2D eigenvalue weighted by molar-refractivity contribution is 9.12. The molecule has 0 N–H and O–H groups in total. The van der Waals surface area contributed by atoms with Crippen LogP contribution in [0.15, 0.2) is 0 Å². The molecule has 0 aromatic rings. The van der Waals surface area contributed by atoms with E-state index in [2.05, 4.69) is 31.9 Å². The van der Waals surface area contributed by atoms with E-state index in [1.807, 2.05) is 0 Å². The lowest BCUT2D eigenvalue weighted by atomic mass is 10.2. The first-order chi connectivity index (χ1) is 3.80. The van der Waals surface area contributed by atoms with Gasteiger partial charge in [0, 0.05) is 11.4 Å². The quantitative estimate of drug-likeness (QED) is 0.591. The molecule has 0 bridgehead atoms. The van der Waals surface area contributed by atoms with Gasteiger partial charge in [0.25, 0.3) is 0 Å². The van der Waals surface area contributed by atoms with Crippen molar-refractivity contribution in [2.24, 2.45) is 0 Å². The molecular formula is C5H8Br2O. The lowest BCUT2D eigenvalue weighted by Crippen LogP contribution is -2.27. The van der Waals surface area contributed by atoms with Crippen molar-refractivity contribution >= 4 is 31.9 Å². The third kappa shape index (κ3) is 1.71. The molecule has 1 aliphatic rings. The summed E-state index contributed by atoms with van der Waals surface area (Å²) in [6.45, 7) is 1.74. The highest BCUT2D eigenvalue weighted by Gasteiger charge is 2.19. The van der Waals surface area contributed by atoms with E-state index in [1.165, 1.54) is 0 Å². The Morgan fingerprint density at radius 2 is 2.00 bits per heavy atom. The van der Waals surface area contributed by atoms with Gasteiger partial charge < -0.3 is 4.74 Å². The molecule has 0 spiro atoms. The Kier molecular flexibility index (Phi) is 2.80. The van der Waals surface area contributed by atoms with Gasteiger partial charge in [-0.3, -0.25) is 0 Å². The Bertz CT molecular complexity index is 66.8. The van der Waals surface area contributed by atoms with Gasteiger partial charge in [-0.05, 0) is 6.42 Å². The number of rotatable bonds is 0. The average Bonchev–Trinajstić information content (AvgIpc) is 1.77. The van der Waals surface area contributed by atoms with Crippen molar-refractivity contribution in [1.29, 1.82) is 0 Å². The lowest BCUT2D eigenvalue weighted by Gasteiger charge is -2.21. The lowest BCUT2D eigenvalue weighted by molar-refractivity contribution is 0.107. The first kappa shape index (κ1) is 7.03. The van der Waals surface area contributed by atoms with Gasteiger partial charge in [0.2, 0.25) is 0 Å². The first-order valence-corrected chi connectivity index (χ1v) is 4.49. The van der Waals surface area contributed by atoms with Crippen molar-refractivity contribution in [2.75, 3.05) is 13.2 Å². The molecule has 1 fully saturated rings. The predicted molar refractivity (Wildman–Crippen MR) is 40.9 cm³/mol. The zero-order valence-corrected chi connectivity index (χ0v) is 7.61. The smallest absolute Gasteiger partial charge is 0.0602 e. The second kappa shape index (κ2) is 3.18. The van der Waals surface area contributed by atoms with Gasteiger partial charge in [0.1, 0.15) is 0 Å². The molecule has 0 radical (unpaired) electrons. The van der Waals surface area contributed by atoms with Crippen LogP contribution in [0.4, 0.5) is 0 Å². The van der Waals surface area contributed by atoms with Gasteiger partial charge in [-0.1, -0.05) is 31.9 Å². The molecule has 0 aromatic carbocycles. The van der Waals surface area contributed by atoms with Crippen LogP contribution in [-0.4, -0.2) is 22.9 Å². The molecule has 1 nitrogen and oxygen atoms in total. The summed E-state index contributed by atoms with van der Waals surface area (Å²) < 4.78 is 5.18. The zero-order chi connectivity index (χ0) is 5.98. The molecule has 1 aliphatic heterocycles. The van der Waals surface area contributed by atoms with Crippen LogP contribution in [0.3, 0.4) is 0 Å². The molecule has 3 heteroatoms. The van der Waals surface area contributed by atoms with E-state index in [0.717, 1.165) is 19.6 Å². The van der Waals surface area contributed by atoms with Crippen LogP contribution in [0.25, 0.3) is 0 Å². The van der Waals surface area contributed by atoms with E-state index in [-0.39, 0.29) is 0 Å². The average molecular weight is 244 g/mol. The fourth-order valence-corrected chi connectivity index (χ4v) is 1.47. The maximum Gasteiger partial charge on any atom is 0.0602 e. The summed E-state index contributed by atoms with van der Waals surface area (Å²) in [5.41, 5.74) is 0. The fraction of sp³-hybridized carbons (Fsp3) is 1.00. The molecule has 48 valence electrons.